The Morgan fingerprint density at radius 2 is 1.95 bits per heavy atom. The summed E-state index contributed by atoms with van der Waals surface area (Å²) >= 11 is 6.75. The van der Waals surface area contributed by atoms with E-state index in [1.165, 1.54) is 31.2 Å². The molecule has 2 N–H and O–H groups in total. The highest BCUT2D eigenvalue weighted by molar-refractivity contribution is 9.11. The SMILES string of the molecule is CC1(C)CCCC(NCc2cc(Br)c(O)c(Br)c2)C1. The van der Waals surface area contributed by atoms with Crippen LogP contribution in [0.25, 0.3) is 0 Å². The molecular weight excluding hydrogens is 370 g/mol. The first kappa shape index (κ1) is 15.3. The Bertz CT molecular complexity index is 436. The summed E-state index contributed by atoms with van der Waals surface area (Å²) in [4.78, 5) is 0. The molecule has 0 bridgehead atoms. The van der Waals surface area contributed by atoms with Gasteiger partial charge in [-0.3, -0.25) is 0 Å². The number of aromatic hydroxyl groups is 1. The molecule has 2 rings (SSSR count). The summed E-state index contributed by atoms with van der Waals surface area (Å²) in [5.41, 5.74) is 1.64. The number of hydrogen-bond donors (Lipinski definition) is 2. The maximum Gasteiger partial charge on any atom is 0.143 e. The van der Waals surface area contributed by atoms with Crippen LogP contribution >= 0.6 is 31.9 Å². The molecule has 0 radical (unpaired) electrons. The predicted molar refractivity (Wildman–Crippen MR) is 86.4 cm³/mol. The third-order valence-corrected chi connectivity index (χ3v) is 5.09. The molecular formula is C15H21Br2NO. The molecule has 1 fully saturated rings. The summed E-state index contributed by atoms with van der Waals surface area (Å²) in [7, 11) is 0. The molecule has 0 aromatic heterocycles. The van der Waals surface area contributed by atoms with Crippen molar-refractivity contribution in [3.63, 3.8) is 0 Å². The molecule has 0 aliphatic heterocycles. The predicted octanol–water partition coefficient (Wildman–Crippen LogP) is 4.98. The molecule has 1 atom stereocenters. The molecule has 1 aliphatic rings. The molecule has 0 spiro atoms. The molecule has 19 heavy (non-hydrogen) atoms. The summed E-state index contributed by atoms with van der Waals surface area (Å²) < 4.78 is 1.48. The molecule has 4 heteroatoms. The molecule has 106 valence electrons. The smallest absolute Gasteiger partial charge is 0.143 e. The minimum absolute atomic E-state index is 0.266. The van der Waals surface area contributed by atoms with Gasteiger partial charge in [0.05, 0.1) is 8.95 Å². The van der Waals surface area contributed by atoms with Crippen LogP contribution in [-0.2, 0) is 6.54 Å². The third-order valence-electron chi connectivity index (χ3n) is 3.88. The molecule has 0 heterocycles. The van der Waals surface area contributed by atoms with Crippen molar-refractivity contribution in [3.8, 4) is 5.75 Å². The second kappa shape index (κ2) is 6.15. The fourth-order valence-electron chi connectivity index (χ4n) is 2.85. The van der Waals surface area contributed by atoms with E-state index in [1.807, 2.05) is 12.1 Å². The van der Waals surface area contributed by atoms with Gasteiger partial charge < -0.3 is 10.4 Å². The molecule has 1 unspecified atom stereocenters. The van der Waals surface area contributed by atoms with Crippen molar-refractivity contribution in [2.75, 3.05) is 0 Å². The molecule has 1 aromatic rings. The number of nitrogens with one attached hydrogen (secondary N) is 1. The number of benzene rings is 1. The third kappa shape index (κ3) is 4.20. The van der Waals surface area contributed by atoms with Crippen LogP contribution in [0.3, 0.4) is 0 Å². The van der Waals surface area contributed by atoms with Crippen LogP contribution < -0.4 is 5.32 Å². The van der Waals surface area contributed by atoms with Crippen molar-refractivity contribution in [2.45, 2.75) is 52.1 Å². The summed E-state index contributed by atoms with van der Waals surface area (Å²) in [6.45, 7) is 5.56. The highest BCUT2D eigenvalue weighted by Gasteiger charge is 2.27. The van der Waals surface area contributed by atoms with E-state index in [-0.39, 0.29) is 5.75 Å². The second-order valence-electron chi connectivity index (χ2n) is 6.25. The Morgan fingerprint density at radius 3 is 2.53 bits per heavy atom. The zero-order valence-electron chi connectivity index (χ0n) is 11.5. The van der Waals surface area contributed by atoms with Crippen LogP contribution in [0.1, 0.15) is 45.1 Å². The monoisotopic (exact) mass is 389 g/mol. The van der Waals surface area contributed by atoms with Gasteiger partial charge in [0.2, 0.25) is 0 Å². The van der Waals surface area contributed by atoms with E-state index in [9.17, 15) is 5.11 Å². The Morgan fingerprint density at radius 1 is 1.32 bits per heavy atom. The van der Waals surface area contributed by atoms with Crippen LogP contribution in [0, 0.1) is 5.41 Å². The van der Waals surface area contributed by atoms with Crippen LogP contribution in [0.4, 0.5) is 0 Å². The first-order valence-corrected chi connectivity index (χ1v) is 8.36. The first-order chi connectivity index (χ1) is 8.87. The quantitative estimate of drug-likeness (QED) is 0.762. The van der Waals surface area contributed by atoms with E-state index in [0.29, 0.717) is 11.5 Å². The van der Waals surface area contributed by atoms with Crippen LogP contribution in [0.15, 0.2) is 21.1 Å². The van der Waals surface area contributed by atoms with Gasteiger partial charge in [0.15, 0.2) is 0 Å². The molecule has 1 saturated carbocycles. The summed E-state index contributed by atoms with van der Waals surface area (Å²) in [6, 6.07) is 4.55. The first-order valence-electron chi connectivity index (χ1n) is 6.78. The minimum atomic E-state index is 0.266. The zero-order valence-corrected chi connectivity index (χ0v) is 14.6. The maximum atomic E-state index is 9.70. The highest BCUT2D eigenvalue weighted by atomic mass is 79.9. The molecule has 2 nitrogen and oxygen atoms in total. The van der Waals surface area contributed by atoms with Gasteiger partial charge in [-0.1, -0.05) is 20.3 Å². The Hall–Kier alpha value is -0.0600. The minimum Gasteiger partial charge on any atom is -0.506 e. The number of hydrogen-bond acceptors (Lipinski definition) is 2. The highest BCUT2D eigenvalue weighted by Crippen LogP contribution is 2.36. The lowest BCUT2D eigenvalue weighted by Gasteiger charge is -2.35. The lowest BCUT2D eigenvalue weighted by Crippen LogP contribution is -2.36. The van der Waals surface area contributed by atoms with Crippen LogP contribution in [0.2, 0.25) is 0 Å². The van der Waals surface area contributed by atoms with E-state index in [4.69, 9.17) is 0 Å². The Kier molecular flexibility index (Phi) is 4.96. The number of rotatable bonds is 3. The number of halogens is 2. The van der Waals surface area contributed by atoms with Gasteiger partial charge in [-0.2, -0.15) is 0 Å². The van der Waals surface area contributed by atoms with Crippen molar-refractivity contribution >= 4 is 31.9 Å². The van der Waals surface area contributed by atoms with Crippen molar-refractivity contribution in [2.24, 2.45) is 5.41 Å². The van der Waals surface area contributed by atoms with Crippen LogP contribution in [0.5, 0.6) is 5.75 Å². The van der Waals surface area contributed by atoms with E-state index >= 15 is 0 Å². The van der Waals surface area contributed by atoms with E-state index in [1.54, 1.807) is 0 Å². The lowest BCUT2D eigenvalue weighted by molar-refractivity contribution is 0.198. The molecule has 1 aromatic carbocycles. The fourth-order valence-corrected chi connectivity index (χ4v) is 4.14. The normalized spacial score (nSPS) is 22.4. The van der Waals surface area contributed by atoms with Gasteiger partial charge in [0, 0.05) is 12.6 Å². The zero-order chi connectivity index (χ0) is 14.0. The van der Waals surface area contributed by atoms with E-state index < -0.39 is 0 Å². The number of phenols is 1. The maximum absolute atomic E-state index is 9.70. The Labute approximate surface area is 132 Å². The largest absolute Gasteiger partial charge is 0.506 e. The summed E-state index contributed by atoms with van der Waals surface area (Å²) in [6.07, 6.45) is 5.16. The lowest BCUT2D eigenvalue weighted by atomic mass is 9.75. The van der Waals surface area contributed by atoms with Gasteiger partial charge in [-0.15, -0.1) is 0 Å². The van der Waals surface area contributed by atoms with Gasteiger partial charge >= 0.3 is 0 Å². The molecule has 0 amide bonds. The van der Waals surface area contributed by atoms with E-state index in [0.717, 1.165) is 15.5 Å². The summed E-state index contributed by atoms with van der Waals surface area (Å²) in [5, 5.41) is 13.3. The van der Waals surface area contributed by atoms with Gasteiger partial charge in [0.1, 0.15) is 5.75 Å². The second-order valence-corrected chi connectivity index (χ2v) is 7.96. The fraction of sp³-hybridized carbons (Fsp3) is 0.600. The average Bonchev–Trinajstić information content (AvgIpc) is 2.32. The molecule has 1 aliphatic carbocycles. The molecule has 0 saturated heterocycles. The Balaban J connectivity index is 1.95. The topological polar surface area (TPSA) is 32.3 Å². The van der Waals surface area contributed by atoms with Crippen molar-refractivity contribution in [1.82, 2.24) is 5.32 Å². The van der Waals surface area contributed by atoms with Crippen molar-refractivity contribution in [3.05, 3.63) is 26.6 Å². The van der Waals surface area contributed by atoms with Crippen LogP contribution in [-0.4, -0.2) is 11.1 Å². The van der Waals surface area contributed by atoms with Gasteiger partial charge in [0.25, 0.3) is 0 Å². The van der Waals surface area contributed by atoms with Gasteiger partial charge in [-0.25, -0.2) is 0 Å². The summed E-state index contributed by atoms with van der Waals surface area (Å²) in [5.74, 6) is 0.266. The van der Waals surface area contributed by atoms with Crippen molar-refractivity contribution in [1.29, 1.82) is 0 Å². The van der Waals surface area contributed by atoms with Crippen molar-refractivity contribution < 1.29 is 5.11 Å². The van der Waals surface area contributed by atoms with Gasteiger partial charge in [-0.05, 0) is 74.2 Å². The van der Waals surface area contributed by atoms with E-state index in [2.05, 4.69) is 51.0 Å². The average molecular weight is 391 g/mol. The number of phenolic OH excluding ortho intramolecular Hbond substituents is 1. The standard InChI is InChI=1S/C15H21Br2NO/c1-15(2)5-3-4-11(8-15)18-9-10-6-12(16)14(19)13(17)7-10/h6-7,11,18-19H,3-5,8-9H2,1-2H3.